The third-order valence-electron chi connectivity index (χ3n) is 5.15. The number of pyridine rings is 2. The standard InChI is InChI=1S/C21H19F2N5O/c22-20(23)17-10-18-19(26-21(17)29)9-15(12-25-18)13-27-5-7-28(8-6-27)16-3-1-14(11-24)2-4-16/h1-4,9-10,12,20H,5-8,13H2,(H,26,29). The minimum absolute atomic E-state index is 0.356. The van der Waals surface area contributed by atoms with Gasteiger partial charge in [0.05, 0.1) is 28.2 Å². The van der Waals surface area contributed by atoms with Gasteiger partial charge in [-0.3, -0.25) is 14.7 Å². The summed E-state index contributed by atoms with van der Waals surface area (Å²) in [6.07, 6.45) is -1.15. The molecule has 1 aliphatic rings. The Morgan fingerprint density at radius 1 is 1.14 bits per heavy atom. The number of halogens is 2. The number of rotatable bonds is 4. The molecule has 0 saturated carbocycles. The molecule has 1 aliphatic heterocycles. The number of piperazine rings is 1. The van der Waals surface area contributed by atoms with E-state index in [4.69, 9.17) is 5.26 Å². The Hall–Kier alpha value is -3.31. The van der Waals surface area contributed by atoms with Crippen molar-refractivity contribution in [3.63, 3.8) is 0 Å². The highest BCUT2D eigenvalue weighted by Crippen LogP contribution is 2.20. The van der Waals surface area contributed by atoms with Gasteiger partial charge in [-0.25, -0.2) is 8.78 Å². The average Bonchev–Trinajstić information content (AvgIpc) is 2.73. The van der Waals surface area contributed by atoms with Crippen molar-refractivity contribution < 1.29 is 8.78 Å². The second-order valence-corrected chi connectivity index (χ2v) is 7.05. The Labute approximate surface area is 166 Å². The zero-order chi connectivity index (χ0) is 20.4. The van der Waals surface area contributed by atoms with Crippen molar-refractivity contribution in [2.24, 2.45) is 0 Å². The van der Waals surface area contributed by atoms with Crippen LogP contribution in [0, 0.1) is 11.3 Å². The molecule has 1 aromatic carbocycles. The van der Waals surface area contributed by atoms with Crippen molar-refractivity contribution in [1.82, 2.24) is 14.9 Å². The molecule has 0 unspecified atom stereocenters. The summed E-state index contributed by atoms with van der Waals surface area (Å²) in [5, 5.41) is 8.90. The number of H-pyrrole nitrogens is 1. The van der Waals surface area contributed by atoms with Crippen molar-refractivity contribution in [1.29, 1.82) is 5.26 Å². The van der Waals surface area contributed by atoms with Crippen LogP contribution in [0.25, 0.3) is 11.0 Å². The number of nitrogens with one attached hydrogen (secondary N) is 1. The molecule has 0 radical (unpaired) electrons. The van der Waals surface area contributed by atoms with Crippen molar-refractivity contribution >= 4 is 16.7 Å². The van der Waals surface area contributed by atoms with Gasteiger partial charge in [0.2, 0.25) is 0 Å². The Bertz CT molecular complexity index is 1110. The van der Waals surface area contributed by atoms with Crippen LogP contribution >= 0.6 is 0 Å². The molecule has 6 nitrogen and oxygen atoms in total. The highest BCUT2D eigenvalue weighted by molar-refractivity contribution is 5.74. The van der Waals surface area contributed by atoms with Crippen LogP contribution in [0.1, 0.15) is 23.1 Å². The summed E-state index contributed by atoms with van der Waals surface area (Å²) in [6, 6.07) is 12.6. The lowest BCUT2D eigenvalue weighted by Gasteiger charge is -2.36. The lowest BCUT2D eigenvalue weighted by atomic mass is 10.1. The fourth-order valence-corrected chi connectivity index (χ4v) is 3.56. The topological polar surface area (TPSA) is 76.0 Å². The van der Waals surface area contributed by atoms with Crippen LogP contribution in [0.3, 0.4) is 0 Å². The Morgan fingerprint density at radius 2 is 1.86 bits per heavy atom. The number of hydrogen-bond donors (Lipinski definition) is 1. The average molecular weight is 395 g/mol. The van der Waals surface area contributed by atoms with Gasteiger partial charge in [-0.2, -0.15) is 5.26 Å². The van der Waals surface area contributed by atoms with E-state index in [1.54, 1.807) is 12.3 Å². The van der Waals surface area contributed by atoms with E-state index in [0.717, 1.165) is 43.5 Å². The fourth-order valence-electron chi connectivity index (χ4n) is 3.56. The Morgan fingerprint density at radius 3 is 2.52 bits per heavy atom. The van der Waals surface area contributed by atoms with Crippen LogP contribution in [0.5, 0.6) is 0 Å². The Kier molecular flexibility index (Phi) is 5.23. The van der Waals surface area contributed by atoms with Crippen molar-refractivity contribution in [2.75, 3.05) is 31.1 Å². The molecule has 4 rings (SSSR count). The molecule has 0 spiro atoms. The summed E-state index contributed by atoms with van der Waals surface area (Å²) >= 11 is 0. The number of hydrogen-bond acceptors (Lipinski definition) is 5. The molecule has 8 heteroatoms. The SMILES string of the molecule is N#Cc1ccc(N2CCN(Cc3cnc4cc(C(F)F)c(=O)[nH]c4c3)CC2)cc1. The predicted octanol–water partition coefficient (Wildman–Crippen LogP) is 3.05. The van der Waals surface area contributed by atoms with E-state index in [1.807, 2.05) is 24.3 Å². The van der Waals surface area contributed by atoms with Crippen molar-refractivity contribution in [3.05, 3.63) is 69.6 Å². The number of benzene rings is 1. The summed E-state index contributed by atoms with van der Waals surface area (Å²) in [5.41, 5.74) is 2.16. The van der Waals surface area contributed by atoms with Gasteiger partial charge in [0, 0.05) is 44.6 Å². The summed E-state index contributed by atoms with van der Waals surface area (Å²) in [7, 11) is 0. The summed E-state index contributed by atoms with van der Waals surface area (Å²) in [4.78, 5) is 23.1. The first-order valence-corrected chi connectivity index (χ1v) is 9.31. The molecular weight excluding hydrogens is 376 g/mol. The third kappa shape index (κ3) is 4.10. The van der Waals surface area contributed by atoms with Gasteiger partial charge in [-0.05, 0) is 42.0 Å². The van der Waals surface area contributed by atoms with E-state index in [1.165, 1.54) is 0 Å². The first-order valence-electron chi connectivity index (χ1n) is 9.31. The quantitative estimate of drug-likeness (QED) is 0.735. The van der Waals surface area contributed by atoms with Crippen LogP contribution in [-0.2, 0) is 6.54 Å². The highest BCUT2D eigenvalue weighted by Gasteiger charge is 2.18. The van der Waals surface area contributed by atoms with Gasteiger partial charge in [-0.1, -0.05) is 0 Å². The van der Waals surface area contributed by atoms with E-state index in [2.05, 4.69) is 25.8 Å². The maximum Gasteiger partial charge on any atom is 0.269 e. The zero-order valence-corrected chi connectivity index (χ0v) is 15.6. The van der Waals surface area contributed by atoms with Crippen LogP contribution in [0.2, 0.25) is 0 Å². The second-order valence-electron chi connectivity index (χ2n) is 7.05. The molecule has 1 saturated heterocycles. The lowest BCUT2D eigenvalue weighted by Crippen LogP contribution is -2.45. The number of anilines is 1. The third-order valence-corrected chi connectivity index (χ3v) is 5.15. The summed E-state index contributed by atoms with van der Waals surface area (Å²) in [6.45, 7) is 4.11. The van der Waals surface area contributed by atoms with Crippen LogP contribution in [0.4, 0.5) is 14.5 Å². The van der Waals surface area contributed by atoms with Crippen LogP contribution in [0.15, 0.2) is 47.4 Å². The fraction of sp³-hybridized carbons (Fsp3) is 0.286. The largest absolute Gasteiger partial charge is 0.369 e. The van der Waals surface area contributed by atoms with E-state index >= 15 is 0 Å². The van der Waals surface area contributed by atoms with E-state index < -0.39 is 17.5 Å². The monoisotopic (exact) mass is 395 g/mol. The van der Waals surface area contributed by atoms with Gasteiger partial charge in [0.1, 0.15) is 0 Å². The second kappa shape index (κ2) is 7.97. The highest BCUT2D eigenvalue weighted by atomic mass is 19.3. The molecule has 0 amide bonds. The molecule has 1 N–H and O–H groups in total. The number of aromatic nitrogens is 2. The molecule has 29 heavy (non-hydrogen) atoms. The molecular formula is C21H19F2N5O. The Balaban J connectivity index is 1.42. The van der Waals surface area contributed by atoms with Crippen molar-refractivity contribution in [2.45, 2.75) is 13.0 Å². The first-order chi connectivity index (χ1) is 14.0. The molecule has 1 fully saturated rings. The van der Waals surface area contributed by atoms with Crippen molar-refractivity contribution in [3.8, 4) is 6.07 Å². The van der Waals surface area contributed by atoms with Gasteiger partial charge in [0.25, 0.3) is 12.0 Å². The number of nitrogens with zero attached hydrogens (tertiary/aromatic N) is 4. The predicted molar refractivity (Wildman–Crippen MR) is 106 cm³/mol. The number of nitriles is 1. The van der Waals surface area contributed by atoms with Gasteiger partial charge in [-0.15, -0.1) is 0 Å². The maximum atomic E-state index is 12.9. The molecule has 0 bridgehead atoms. The smallest absolute Gasteiger partial charge is 0.269 e. The van der Waals surface area contributed by atoms with E-state index in [0.29, 0.717) is 23.1 Å². The number of alkyl halides is 2. The normalized spacial score (nSPS) is 15.0. The van der Waals surface area contributed by atoms with Gasteiger partial charge < -0.3 is 9.88 Å². The molecule has 2 aromatic heterocycles. The van der Waals surface area contributed by atoms with Gasteiger partial charge >= 0.3 is 0 Å². The number of aromatic amines is 1. The summed E-state index contributed by atoms with van der Waals surface area (Å²) < 4.78 is 25.7. The lowest BCUT2D eigenvalue weighted by molar-refractivity contribution is 0.150. The van der Waals surface area contributed by atoms with Crippen LogP contribution < -0.4 is 10.5 Å². The molecule has 0 atom stereocenters. The first kappa shape index (κ1) is 19.0. The molecule has 3 aromatic rings. The molecule has 148 valence electrons. The molecule has 0 aliphatic carbocycles. The minimum Gasteiger partial charge on any atom is -0.369 e. The zero-order valence-electron chi connectivity index (χ0n) is 15.6. The maximum absolute atomic E-state index is 12.9. The van der Waals surface area contributed by atoms with E-state index in [-0.39, 0.29) is 0 Å². The van der Waals surface area contributed by atoms with E-state index in [9.17, 15) is 13.6 Å². The minimum atomic E-state index is -2.82. The number of fused-ring (bicyclic) bond motifs is 1. The van der Waals surface area contributed by atoms with Crippen LogP contribution in [-0.4, -0.2) is 41.0 Å². The summed E-state index contributed by atoms with van der Waals surface area (Å²) in [5.74, 6) is 0. The molecule has 3 heterocycles. The van der Waals surface area contributed by atoms with Gasteiger partial charge in [0.15, 0.2) is 0 Å².